The van der Waals surface area contributed by atoms with E-state index >= 15 is 0 Å². The van der Waals surface area contributed by atoms with Crippen LogP contribution in [-0.4, -0.2) is 34.3 Å². The van der Waals surface area contributed by atoms with Crippen LogP contribution in [-0.2, 0) is 14.3 Å². The average molecular weight is 421 g/mol. The van der Waals surface area contributed by atoms with Crippen LogP contribution < -0.4 is 0 Å². The zero-order valence-electron chi connectivity index (χ0n) is 13.7. The summed E-state index contributed by atoms with van der Waals surface area (Å²) < 4.78 is 6.13. The lowest BCUT2D eigenvalue weighted by molar-refractivity contribution is -0.139. The second-order valence-electron chi connectivity index (χ2n) is 5.60. The van der Waals surface area contributed by atoms with Crippen molar-refractivity contribution < 1.29 is 14.3 Å². The van der Waals surface area contributed by atoms with Crippen molar-refractivity contribution in [3.63, 3.8) is 0 Å². The van der Waals surface area contributed by atoms with Gasteiger partial charge in [-0.1, -0.05) is 52.5 Å². The van der Waals surface area contributed by atoms with Crippen molar-refractivity contribution in [3.05, 3.63) is 58.2 Å². The summed E-state index contributed by atoms with van der Waals surface area (Å²) in [5, 5.41) is 0.638. The van der Waals surface area contributed by atoms with Crippen molar-refractivity contribution >= 4 is 44.7 Å². The fourth-order valence-electron chi connectivity index (χ4n) is 2.86. The van der Waals surface area contributed by atoms with Gasteiger partial charge in [0.05, 0.1) is 17.3 Å². The number of thioether (sulfide) groups is 1. The van der Waals surface area contributed by atoms with Crippen LogP contribution in [0.25, 0.3) is 0 Å². The number of rotatable bonds is 4. The molecule has 0 aliphatic carbocycles. The minimum atomic E-state index is -0.539. The highest BCUT2D eigenvalue weighted by Gasteiger charge is 2.41. The average Bonchev–Trinajstić information content (AvgIpc) is 2.58. The van der Waals surface area contributed by atoms with Crippen LogP contribution >= 0.6 is 27.7 Å². The summed E-state index contributed by atoms with van der Waals surface area (Å²) in [4.78, 5) is 31.4. The molecular weight excluding hydrogens is 404 g/mol. The van der Waals surface area contributed by atoms with E-state index in [1.54, 1.807) is 11.8 Å². The zero-order valence-corrected chi connectivity index (χ0v) is 16.1. The molecular formula is C18H17BrN2O3S. The van der Waals surface area contributed by atoms with Crippen LogP contribution in [0.5, 0.6) is 0 Å². The number of fused-ring (bicyclic) bond motifs is 1. The second kappa shape index (κ2) is 7.58. The van der Waals surface area contributed by atoms with Crippen LogP contribution in [0.1, 0.15) is 24.9 Å². The number of ether oxygens (including phenoxy) is 1. The SMILES string of the molecule is C=CCOC(=O)C1=C(C)N=C2SCCC(=O)N2[C@@H]1c1cccc(Br)c1. The van der Waals surface area contributed by atoms with E-state index in [4.69, 9.17) is 4.74 Å². The maximum Gasteiger partial charge on any atom is 0.338 e. The van der Waals surface area contributed by atoms with Crippen molar-refractivity contribution in [1.29, 1.82) is 0 Å². The van der Waals surface area contributed by atoms with Gasteiger partial charge >= 0.3 is 5.97 Å². The molecule has 1 amide bonds. The van der Waals surface area contributed by atoms with Gasteiger partial charge in [0.1, 0.15) is 6.61 Å². The number of nitrogens with zero attached hydrogens (tertiary/aromatic N) is 2. The number of carbonyl (C=O) groups excluding carboxylic acids is 2. The Hall–Kier alpha value is -1.86. The molecule has 1 aromatic carbocycles. The number of aliphatic imine (C=N–C) groups is 1. The Morgan fingerprint density at radius 1 is 1.56 bits per heavy atom. The van der Waals surface area contributed by atoms with Gasteiger partial charge in [-0.25, -0.2) is 9.79 Å². The molecule has 7 heteroatoms. The number of halogens is 1. The Labute approximate surface area is 159 Å². The summed E-state index contributed by atoms with van der Waals surface area (Å²) in [5.41, 5.74) is 1.80. The lowest BCUT2D eigenvalue weighted by atomic mass is 9.94. The molecule has 3 rings (SSSR count). The lowest BCUT2D eigenvalue weighted by Gasteiger charge is -2.38. The standard InChI is InChI=1S/C18H17BrN2O3S/c1-3-8-24-17(23)15-11(2)20-18-21(14(22)7-9-25-18)16(15)12-5-4-6-13(19)10-12/h3-6,10,16H,1,7-9H2,2H3/t16-/m1/s1. The van der Waals surface area contributed by atoms with Gasteiger partial charge in [-0.05, 0) is 24.6 Å². The van der Waals surface area contributed by atoms with Crippen LogP contribution in [0.2, 0.25) is 0 Å². The molecule has 5 nitrogen and oxygen atoms in total. The molecule has 0 saturated carbocycles. The maximum absolute atomic E-state index is 12.7. The largest absolute Gasteiger partial charge is 0.458 e. The molecule has 0 N–H and O–H groups in total. The summed E-state index contributed by atoms with van der Waals surface area (Å²) >= 11 is 4.99. The van der Waals surface area contributed by atoms with Gasteiger partial charge in [-0.15, -0.1) is 0 Å². The first-order valence-corrected chi connectivity index (χ1v) is 9.58. The first kappa shape index (κ1) is 17.9. The van der Waals surface area contributed by atoms with Crippen molar-refractivity contribution in [2.24, 2.45) is 4.99 Å². The first-order valence-electron chi connectivity index (χ1n) is 7.80. The van der Waals surface area contributed by atoms with E-state index in [1.165, 1.54) is 17.8 Å². The van der Waals surface area contributed by atoms with Crippen LogP contribution in [0.3, 0.4) is 0 Å². The summed E-state index contributed by atoms with van der Waals surface area (Å²) in [5.74, 6) is 0.181. The van der Waals surface area contributed by atoms with Gasteiger partial charge in [-0.2, -0.15) is 0 Å². The molecule has 0 spiro atoms. The summed E-state index contributed by atoms with van der Waals surface area (Å²) in [6.07, 6.45) is 1.93. The third kappa shape index (κ3) is 3.57. The normalized spacial score (nSPS) is 20.1. The molecule has 1 aromatic rings. The molecule has 2 aliphatic heterocycles. The summed E-state index contributed by atoms with van der Waals surface area (Å²) in [6, 6.07) is 7.06. The maximum atomic E-state index is 12.7. The molecule has 25 heavy (non-hydrogen) atoms. The first-order chi connectivity index (χ1) is 12.0. The van der Waals surface area contributed by atoms with E-state index < -0.39 is 12.0 Å². The Kier molecular flexibility index (Phi) is 5.44. The Balaban J connectivity index is 2.13. The predicted molar refractivity (Wildman–Crippen MR) is 102 cm³/mol. The molecule has 1 atom stereocenters. The molecule has 1 saturated heterocycles. The van der Waals surface area contributed by atoms with Gasteiger partial charge in [-0.3, -0.25) is 9.69 Å². The number of esters is 1. The fourth-order valence-corrected chi connectivity index (χ4v) is 4.29. The molecule has 2 heterocycles. The van der Waals surface area contributed by atoms with Crippen molar-refractivity contribution in [3.8, 4) is 0 Å². The van der Waals surface area contributed by atoms with E-state index in [0.29, 0.717) is 28.6 Å². The van der Waals surface area contributed by atoms with Gasteiger partial charge in [0.25, 0.3) is 0 Å². The summed E-state index contributed by atoms with van der Waals surface area (Å²) in [6.45, 7) is 5.46. The number of amidine groups is 1. The molecule has 0 bridgehead atoms. The summed E-state index contributed by atoms with van der Waals surface area (Å²) in [7, 11) is 0. The third-order valence-corrected chi connectivity index (χ3v) is 5.37. The minimum Gasteiger partial charge on any atom is -0.458 e. The predicted octanol–water partition coefficient (Wildman–Crippen LogP) is 3.83. The zero-order chi connectivity index (χ0) is 18.0. The van der Waals surface area contributed by atoms with Gasteiger partial charge in [0.2, 0.25) is 5.91 Å². The number of hydrogen-bond donors (Lipinski definition) is 0. The highest BCUT2D eigenvalue weighted by molar-refractivity contribution is 9.10. The molecule has 2 aliphatic rings. The molecule has 0 unspecified atom stereocenters. The van der Waals surface area contributed by atoms with E-state index in [0.717, 1.165) is 10.0 Å². The minimum absolute atomic E-state index is 0.0380. The highest BCUT2D eigenvalue weighted by atomic mass is 79.9. The van der Waals surface area contributed by atoms with Crippen LogP contribution in [0.15, 0.2) is 57.7 Å². The fraction of sp³-hybridized carbons (Fsp3) is 0.278. The van der Waals surface area contributed by atoms with Gasteiger partial charge < -0.3 is 4.74 Å². The third-order valence-electron chi connectivity index (χ3n) is 3.92. The topological polar surface area (TPSA) is 59.0 Å². The molecule has 0 radical (unpaired) electrons. The van der Waals surface area contributed by atoms with E-state index in [-0.39, 0.29) is 12.5 Å². The molecule has 0 aromatic heterocycles. The smallest absolute Gasteiger partial charge is 0.338 e. The Bertz CT molecular complexity index is 803. The van der Waals surface area contributed by atoms with E-state index in [2.05, 4.69) is 27.5 Å². The number of allylic oxidation sites excluding steroid dienone is 1. The Morgan fingerprint density at radius 2 is 2.36 bits per heavy atom. The quantitative estimate of drug-likeness (QED) is 0.548. The van der Waals surface area contributed by atoms with Crippen LogP contribution in [0.4, 0.5) is 0 Å². The van der Waals surface area contributed by atoms with Crippen molar-refractivity contribution in [2.75, 3.05) is 12.4 Å². The number of carbonyl (C=O) groups is 2. The lowest BCUT2D eigenvalue weighted by Crippen LogP contribution is -2.45. The monoisotopic (exact) mass is 420 g/mol. The highest BCUT2D eigenvalue weighted by Crippen LogP contribution is 2.40. The second-order valence-corrected chi connectivity index (χ2v) is 7.58. The van der Waals surface area contributed by atoms with Gasteiger partial charge in [0, 0.05) is 16.6 Å². The van der Waals surface area contributed by atoms with Gasteiger partial charge in [0.15, 0.2) is 5.17 Å². The van der Waals surface area contributed by atoms with Crippen molar-refractivity contribution in [1.82, 2.24) is 4.90 Å². The molecule has 130 valence electrons. The Morgan fingerprint density at radius 3 is 3.08 bits per heavy atom. The van der Waals surface area contributed by atoms with E-state index in [9.17, 15) is 9.59 Å². The number of amides is 1. The van der Waals surface area contributed by atoms with Crippen molar-refractivity contribution in [2.45, 2.75) is 19.4 Å². The number of hydrogen-bond acceptors (Lipinski definition) is 5. The number of benzene rings is 1. The van der Waals surface area contributed by atoms with Crippen LogP contribution in [0, 0.1) is 0 Å². The van der Waals surface area contributed by atoms with E-state index in [1.807, 2.05) is 24.3 Å². The molecule has 1 fully saturated rings.